The van der Waals surface area contributed by atoms with Gasteiger partial charge in [-0.2, -0.15) is 5.11 Å². The smallest absolute Gasteiger partial charge is 0.255 e. The molecule has 0 saturated carbocycles. The second kappa shape index (κ2) is 9.06. The van der Waals surface area contributed by atoms with Gasteiger partial charge in [-0.05, 0) is 61.4 Å². The first-order valence-corrected chi connectivity index (χ1v) is 9.03. The monoisotopic (exact) mass is 373 g/mol. The third-order valence-corrected chi connectivity index (χ3v) is 4.24. The van der Waals surface area contributed by atoms with Gasteiger partial charge in [0.1, 0.15) is 5.69 Å². The van der Waals surface area contributed by atoms with Gasteiger partial charge < -0.3 is 10.1 Å². The molecule has 0 aliphatic heterocycles. The molecule has 5 nitrogen and oxygen atoms in total. The van der Waals surface area contributed by atoms with Gasteiger partial charge in [0.05, 0.1) is 18.0 Å². The van der Waals surface area contributed by atoms with Crippen LogP contribution in [0.5, 0.6) is 0 Å². The Balaban J connectivity index is 1.79. The summed E-state index contributed by atoms with van der Waals surface area (Å²) >= 11 is 0. The number of hydrogen-bond acceptors (Lipinski definition) is 4. The van der Waals surface area contributed by atoms with Crippen LogP contribution in [0.2, 0.25) is 0 Å². The first-order chi connectivity index (χ1) is 13.5. The maximum Gasteiger partial charge on any atom is 0.255 e. The number of nitrogens with zero attached hydrogens (tertiary/aromatic N) is 2. The van der Waals surface area contributed by atoms with Crippen molar-refractivity contribution < 1.29 is 9.53 Å². The molecule has 0 radical (unpaired) electrons. The van der Waals surface area contributed by atoms with Crippen LogP contribution in [-0.2, 0) is 11.3 Å². The highest BCUT2D eigenvalue weighted by Crippen LogP contribution is 2.29. The van der Waals surface area contributed by atoms with Gasteiger partial charge in [-0.25, -0.2) is 0 Å². The summed E-state index contributed by atoms with van der Waals surface area (Å²) in [6, 6.07) is 20.8. The Hall–Kier alpha value is -3.31. The average Bonchev–Trinajstić information content (AvgIpc) is 2.70. The minimum absolute atomic E-state index is 0.195. The minimum atomic E-state index is -0.195. The van der Waals surface area contributed by atoms with Crippen LogP contribution in [-0.4, -0.2) is 13.0 Å². The fraction of sp³-hybridized carbons (Fsp3) is 0.174. The van der Waals surface area contributed by atoms with Gasteiger partial charge in [-0.1, -0.05) is 35.9 Å². The number of ether oxygens (including phenoxy) is 1. The number of anilines is 1. The van der Waals surface area contributed by atoms with Gasteiger partial charge >= 0.3 is 0 Å². The van der Waals surface area contributed by atoms with Crippen LogP contribution in [0.4, 0.5) is 17.1 Å². The van der Waals surface area contributed by atoms with Crippen LogP contribution in [0.3, 0.4) is 0 Å². The molecule has 0 saturated heterocycles. The summed E-state index contributed by atoms with van der Waals surface area (Å²) in [5, 5.41) is 11.6. The van der Waals surface area contributed by atoms with E-state index in [1.165, 1.54) is 5.56 Å². The van der Waals surface area contributed by atoms with Crippen molar-refractivity contribution in [3.8, 4) is 0 Å². The molecule has 0 heterocycles. The number of azo groups is 1. The van der Waals surface area contributed by atoms with Crippen LogP contribution in [0, 0.1) is 13.8 Å². The van der Waals surface area contributed by atoms with Gasteiger partial charge in [0.15, 0.2) is 0 Å². The Morgan fingerprint density at radius 3 is 2.25 bits per heavy atom. The van der Waals surface area contributed by atoms with Crippen LogP contribution in [0.25, 0.3) is 0 Å². The normalized spacial score (nSPS) is 11.0. The molecule has 142 valence electrons. The molecule has 3 aromatic carbocycles. The van der Waals surface area contributed by atoms with Crippen LogP contribution in [0.1, 0.15) is 27.0 Å². The van der Waals surface area contributed by atoms with E-state index in [0.717, 1.165) is 16.8 Å². The molecule has 3 rings (SSSR count). The molecule has 3 aromatic rings. The third-order valence-electron chi connectivity index (χ3n) is 4.24. The summed E-state index contributed by atoms with van der Waals surface area (Å²) in [5.74, 6) is -0.195. The topological polar surface area (TPSA) is 63.0 Å². The standard InChI is InChI=1S/C23H23N3O2/c1-16-4-11-20(12-5-16)25-26-22-14-17(2)6-13-21(22)24-23(27)19-9-7-18(8-10-19)15-28-3/h4-14H,15H2,1-3H3,(H,24,27). The van der Waals surface area contributed by atoms with E-state index in [9.17, 15) is 4.79 Å². The lowest BCUT2D eigenvalue weighted by atomic mass is 10.1. The molecule has 0 aliphatic rings. The summed E-state index contributed by atoms with van der Waals surface area (Å²) < 4.78 is 5.10. The molecular formula is C23H23N3O2. The van der Waals surface area contributed by atoms with Gasteiger partial charge in [0, 0.05) is 12.7 Å². The van der Waals surface area contributed by atoms with Gasteiger partial charge in [-0.3, -0.25) is 4.79 Å². The molecule has 0 aliphatic carbocycles. The largest absolute Gasteiger partial charge is 0.380 e. The predicted molar refractivity (Wildman–Crippen MR) is 112 cm³/mol. The zero-order valence-corrected chi connectivity index (χ0v) is 16.3. The van der Waals surface area contributed by atoms with Crippen molar-refractivity contribution in [1.82, 2.24) is 0 Å². The number of aryl methyl sites for hydroxylation is 2. The van der Waals surface area contributed by atoms with E-state index in [1.807, 2.05) is 68.4 Å². The van der Waals surface area contributed by atoms with Gasteiger partial charge in [0.2, 0.25) is 0 Å². The molecule has 28 heavy (non-hydrogen) atoms. The first kappa shape index (κ1) is 19.5. The Kier molecular flexibility index (Phi) is 6.29. The Labute approximate surface area is 165 Å². The predicted octanol–water partition coefficient (Wildman–Crippen LogP) is 6.12. The number of amides is 1. The maximum absolute atomic E-state index is 12.6. The van der Waals surface area contributed by atoms with Crippen molar-refractivity contribution in [2.24, 2.45) is 10.2 Å². The number of rotatable bonds is 6. The Morgan fingerprint density at radius 1 is 0.893 bits per heavy atom. The molecule has 5 heteroatoms. The number of benzene rings is 3. The zero-order chi connectivity index (χ0) is 19.9. The van der Waals surface area contributed by atoms with Gasteiger partial charge in [0.25, 0.3) is 5.91 Å². The summed E-state index contributed by atoms with van der Waals surface area (Å²) in [5.41, 5.74) is 5.79. The van der Waals surface area contributed by atoms with Crippen molar-refractivity contribution in [2.45, 2.75) is 20.5 Å². The van der Waals surface area contributed by atoms with Crippen molar-refractivity contribution in [1.29, 1.82) is 0 Å². The quantitative estimate of drug-likeness (QED) is 0.529. The van der Waals surface area contributed by atoms with Gasteiger partial charge in [-0.15, -0.1) is 5.11 Å². The Bertz CT molecular complexity index is 978. The summed E-state index contributed by atoms with van der Waals surface area (Å²) in [6.07, 6.45) is 0. The van der Waals surface area contributed by atoms with E-state index in [-0.39, 0.29) is 5.91 Å². The number of hydrogen-bond donors (Lipinski definition) is 1. The van der Waals surface area contributed by atoms with E-state index in [2.05, 4.69) is 15.5 Å². The third kappa shape index (κ3) is 5.11. The van der Waals surface area contributed by atoms with E-state index < -0.39 is 0 Å². The number of methoxy groups -OCH3 is 1. The summed E-state index contributed by atoms with van der Waals surface area (Å²) in [7, 11) is 1.64. The number of carbonyl (C=O) groups excluding carboxylic acids is 1. The maximum atomic E-state index is 12.6. The molecule has 1 amide bonds. The second-order valence-electron chi connectivity index (χ2n) is 6.64. The van der Waals surface area contributed by atoms with Crippen LogP contribution in [0.15, 0.2) is 77.0 Å². The highest BCUT2D eigenvalue weighted by Gasteiger charge is 2.10. The fourth-order valence-electron chi connectivity index (χ4n) is 2.67. The van der Waals surface area contributed by atoms with Crippen LogP contribution < -0.4 is 5.32 Å². The van der Waals surface area contributed by atoms with E-state index in [0.29, 0.717) is 23.5 Å². The lowest BCUT2D eigenvalue weighted by molar-refractivity contribution is 0.102. The van der Waals surface area contributed by atoms with E-state index in [1.54, 1.807) is 19.2 Å². The van der Waals surface area contributed by atoms with Crippen molar-refractivity contribution in [3.05, 3.63) is 89.0 Å². The van der Waals surface area contributed by atoms with Crippen molar-refractivity contribution in [3.63, 3.8) is 0 Å². The molecule has 1 N–H and O–H groups in total. The summed E-state index contributed by atoms with van der Waals surface area (Å²) in [4.78, 5) is 12.6. The molecule has 0 fully saturated rings. The van der Waals surface area contributed by atoms with Crippen molar-refractivity contribution in [2.75, 3.05) is 12.4 Å². The second-order valence-corrected chi connectivity index (χ2v) is 6.64. The SMILES string of the molecule is COCc1ccc(C(=O)Nc2ccc(C)cc2N=Nc2ccc(C)cc2)cc1. The first-order valence-electron chi connectivity index (χ1n) is 9.03. The lowest BCUT2D eigenvalue weighted by Crippen LogP contribution is -2.12. The fourth-order valence-corrected chi connectivity index (χ4v) is 2.67. The van der Waals surface area contributed by atoms with Crippen LogP contribution >= 0.6 is 0 Å². The van der Waals surface area contributed by atoms with Crippen molar-refractivity contribution >= 4 is 23.0 Å². The van der Waals surface area contributed by atoms with E-state index >= 15 is 0 Å². The molecule has 0 spiro atoms. The molecule has 0 atom stereocenters. The molecule has 0 unspecified atom stereocenters. The zero-order valence-electron chi connectivity index (χ0n) is 16.3. The minimum Gasteiger partial charge on any atom is -0.380 e. The molecular weight excluding hydrogens is 350 g/mol. The lowest BCUT2D eigenvalue weighted by Gasteiger charge is -2.09. The summed E-state index contributed by atoms with van der Waals surface area (Å²) in [6.45, 7) is 4.52. The number of nitrogens with one attached hydrogen (secondary N) is 1. The highest BCUT2D eigenvalue weighted by atomic mass is 16.5. The molecule has 0 bridgehead atoms. The molecule has 0 aromatic heterocycles. The number of carbonyl (C=O) groups is 1. The highest BCUT2D eigenvalue weighted by molar-refractivity contribution is 6.05. The average molecular weight is 373 g/mol. The van der Waals surface area contributed by atoms with E-state index in [4.69, 9.17) is 4.74 Å². The Morgan fingerprint density at radius 2 is 1.57 bits per heavy atom.